The van der Waals surface area contributed by atoms with Crippen LogP contribution in [-0.2, 0) is 4.74 Å². The molecule has 0 saturated heterocycles. The third-order valence-corrected chi connectivity index (χ3v) is 5.84. The molecule has 158 valence electrons. The van der Waals surface area contributed by atoms with Crippen LogP contribution in [0.1, 0.15) is 33.0 Å². The van der Waals surface area contributed by atoms with E-state index in [9.17, 15) is 13.6 Å². The second-order valence-corrected chi connectivity index (χ2v) is 7.69. The molecule has 0 amide bonds. The number of aromatic amines is 1. The lowest BCUT2D eigenvalue weighted by Crippen LogP contribution is -2.06. The zero-order valence-electron chi connectivity index (χ0n) is 17.2. The molecule has 5 heteroatoms. The summed E-state index contributed by atoms with van der Waals surface area (Å²) in [6.07, 6.45) is 1.88. The Balaban J connectivity index is 1.75. The first-order chi connectivity index (χ1) is 15.5. The highest BCUT2D eigenvalue weighted by Gasteiger charge is 2.23. The fraction of sp³-hybridized carbons (Fsp3) is 0.0741. The molecule has 3 nitrogen and oxygen atoms in total. The highest BCUT2D eigenvalue weighted by atomic mass is 19.1. The van der Waals surface area contributed by atoms with Gasteiger partial charge >= 0.3 is 5.97 Å². The Kier molecular flexibility index (Phi) is 4.94. The molecule has 0 fully saturated rings. The second-order valence-electron chi connectivity index (χ2n) is 7.69. The van der Waals surface area contributed by atoms with E-state index < -0.39 is 5.97 Å². The smallest absolute Gasteiger partial charge is 0.337 e. The molecule has 0 saturated carbocycles. The number of fused-ring (bicyclic) bond motifs is 2. The van der Waals surface area contributed by atoms with Crippen molar-refractivity contribution in [3.05, 3.63) is 119 Å². The topological polar surface area (TPSA) is 42.1 Å². The zero-order chi connectivity index (χ0) is 22.2. The normalized spacial score (nSPS) is 12.2. The van der Waals surface area contributed by atoms with Crippen LogP contribution in [0.2, 0.25) is 0 Å². The SMILES string of the molecule is COC(=O)c1ccc(C(c2cccc3cc(F)ccc23)c2c[nH]c3cc(F)ccc23)cc1. The number of hydrogen-bond donors (Lipinski definition) is 1. The number of carbonyl (C=O) groups excluding carboxylic acids is 1. The molecule has 0 aliphatic rings. The Morgan fingerprint density at radius 3 is 2.31 bits per heavy atom. The summed E-state index contributed by atoms with van der Waals surface area (Å²) in [4.78, 5) is 15.1. The summed E-state index contributed by atoms with van der Waals surface area (Å²) in [6.45, 7) is 0. The number of halogens is 2. The van der Waals surface area contributed by atoms with Gasteiger partial charge in [0.15, 0.2) is 0 Å². The van der Waals surface area contributed by atoms with Gasteiger partial charge in [0.1, 0.15) is 11.6 Å². The monoisotopic (exact) mass is 427 g/mol. The lowest BCUT2D eigenvalue weighted by atomic mass is 9.82. The highest BCUT2D eigenvalue weighted by Crippen LogP contribution is 2.39. The van der Waals surface area contributed by atoms with E-state index in [4.69, 9.17) is 4.74 Å². The highest BCUT2D eigenvalue weighted by molar-refractivity contribution is 5.91. The number of H-pyrrole nitrogens is 1. The van der Waals surface area contributed by atoms with E-state index in [0.29, 0.717) is 11.1 Å². The van der Waals surface area contributed by atoms with E-state index in [1.54, 1.807) is 24.3 Å². The van der Waals surface area contributed by atoms with Gasteiger partial charge in [-0.2, -0.15) is 0 Å². The predicted octanol–water partition coefficient (Wildman–Crippen LogP) is 6.57. The van der Waals surface area contributed by atoms with Gasteiger partial charge in [-0.05, 0) is 69.9 Å². The van der Waals surface area contributed by atoms with Crippen LogP contribution in [0.15, 0.2) is 85.1 Å². The maximum Gasteiger partial charge on any atom is 0.337 e. The number of rotatable bonds is 4. The third kappa shape index (κ3) is 3.42. The molecule has 5 aromatic rings. The van der Waals surface area contributed by atoms with Gasteiger partial charge in [0.05, 0.1) is 12.7 Å². The van der Waals surface area contributed by atoms with E-state index in [0.717, 1.165) is 32.8 Å². The average Bonchev–Trinajstić information content (AvgIpc) is 3.21. The first kappa shape index (κ1) is 19.9. The van der Waals surface area contributed by atoms with Crippen LogP contribution >= 0.6 is 0 Å². The van der Waals surface area contributed by atoms with Crippen LogP contribution in [0.4, 0.5) is 8.78 Å². The maximum atomic E-state index is 13.9. The van der Waals surface area contributed by atoms with Crippen molar-refractivity contribution in [2.45, 2.75) is 5.92 Å². The number of ether oxygens (including phenoxy) is 1. The Hall–Kier alpha value is -3.99. The van der Waals surface area contributed by atoms with E-state index in [1.807, 2.05) is 36.5 Å². The Morgan fingerprint density at radius 1 is 0.844 bits per heavy atom. The lowest BCUT2D eigenvalue weighted by molar-refractivity contribution is 0.0600. The molecule has 0 aliphatic carbocycles. The van der Waals surface area contributed by atoms with E-state index in [2.05, 4.69) is 4.98 Å². The van der Waals surface area contributed by atoms with Gasteiger partial charge in [0.2, 0.25) is 0 Å². The first-order valence-corrected chi connectivity index (χ1v) is 10.2. The van der Waals surface area contributed by atoms with Gasteiger partial charge in [-0.25, -0.2) is 13.6 Å². The van der Waals surface area contributed by atoms with Gasteiger partial charge < -0.3 is 9.72 Å². The standard InChI is InChI=1S/C27H19F2NO2/c1-32-27(31)17-7-5-16(6-8-17)26(24-15-30-25-14-20(29)10-12-22(24)25)23-4-2-3-18-13-19(28)9-11-21(18)23/h2-15,26,30H,1H3. The second kappa shape index (κ2) is 7.93. The molecular formula is C27H19F2NO2. The van der Waals surface area contributed by atoms with Crippen LogP contribution in [0.3, 0.4) is 0 Å². The van der Waals surface area contributed by atoms with Crippen LogP contribution in [0.25, 0.3) is 21.7 Å². The van der Waals surface area contributed by atoms with Crippen molar-refractivity contribution in [2.75, 3.05) is 7.11 Å². The molecule has 4 aromatic carbocycles. The summed E-state index contributed by atoms with van der Waals surface area (Å²) in [5.74, 6) is -1.24. The van der Waals surface area contributed by atoms with Gasteiger partial charge in [-0.1, -0.05) is 36.4 Å². The molecule has 1 N–H and O–H groups in total. The summed E-state index contributed by atoms with van der Waals surface area (Å²) in [7, 11) is 1.35. The molecule has 1 aromatic heterocycles. The maximum absolute atomic E-state index is 13.9. The molecule has 1 atom stereocenters. The van der Waals surface area contributed by atoms with Crippen LogP contribution in [0.5, 0.6) is 0 Å². The molecule has 1 heterocycles. The molecule has 0 aliphatic heterocycles. The largest absolute Gasteiger partial charge is 0.465 e. The van der Waals surface area contributed by atoms with Crippen molar-refractivity contribution in [3.63, 3.8) is 0 Å². The number of nitrogens with one attached hydrogen (secondary N) is 1. The quantitative estimate of drug-likeness (QED) is 0.330. The Morgan fingerprint density at radius 2 is 1.56 bits per heavy atom. The van der Waals surface area contributed by atoms with E-state index in [-0.39, 0.29) is 17.6 Å². The van der Waals surface area contributed by atoms with Crippen molar-refractivity contribution < 1.29 is 18.3 Å². The molecule has 0 spiro atoms. The number of esters is 1. The van der Waals surface area contributed by atoms with Crippen LogP contribution < -0.4 is 0 Å². The summed E-state index contributed by atoms with van der Waals surface area (Å²) in [6, 6.07) is 22.5. The van der Waals surface area contributed by atoms with Gasteiger partial charge in [0.25, 0.3) is 0 Å². The molecular weight excluding hydrogens is 408 g/mol. The summed E-state index contributed by atoms with van der Waals surface area (Å²) < 4.78 is 32.5. The molecule has 32 heavy (non-hydrogen) atoms. The fourth-order valence-electron chi connectivity index (χ4n) is 4.35. The Labute approximate surface area is 183 Å². The average molecular weight is 427 g/mol. The third-order valence-electron chi connectivity index (χ3n) is 5.84. The van der Waals surface area contributed by atoms with Crippen molar-refractivity contribution in [1.29, 1.82) is 0 Å². The Bertz CT molecular complexity index is 1450. The number of hydrogen-bond acceptors (Lipinski definition) is 2. The summed E-state index contributed by atoms with van der Waals surface area (Å²) >= 11 is 0. The van der Waals surface area contributed by atoms with Gasteiger partial charge in [-0.3, -0.25) is 0 Å². The molecule has 1 unspecified atom stereocenters. The molecule has 0 bridgehead atoms. The molecule has 0 radical (unpaired) electrons. The van der Waals surface area contributed by atoms with E-state index >= 15 is 0 Å². The minimum Gasteiger partial charge on any atom is -0.465 e. The zero-order valence-corrected chi connectivity index (χ0v) is 17.2. The van der Waals surface area contributed by atoms with Crippen molar-refractivity contribution in [2.24, 2.45) is 0 Å². The first-order valence-electron chi connectivity index (χ1n) is 10.2. The molecule has 5 rings (SSSR count). The number of benzene rings is 4. The predicted molar refractivity (Wildman–Crippen MR) is 121 cm³/mol. The lowest BCUT2D eigenvalue weighted by Gasteiger charge is -2.20. The van der Waals surface area contributed by atoms with Gasteiger partial charge in [-0.15, -0.1) is 0 Å². The minimum absolute atomic E-state index is 0.227. The van der Waals surface area contributed by atoms with Crippen molar-refractivity contribution >= 4 is 27.6 Å². The van der Waals surface area contributed by atoms with Crippen molar-refractivity contribution in [3.8, 4) is 0 Å². The minimum atomic E-state index is -0.406. The number of carbonyl (C=O) groups is 1. The fourth-order valence-corrected chi connectivity index (χ4v) is 4.35. The van der Waals surface area contributed by atoms with Crippen LogP contribution in [0, 0.1) is 11.6 Å². The summed E-state index contributed by atoms with van der Waals surface area (Å²) in [5.41, 5.74) is 4.04. The summed E-state index contributed by atoms with van der Waals surface area (Å²) in [5, 5.41) is 2.62. The number of methoxy groups -OCH3 is 1. The van der Waals surface area contributed by atoms with Gasteiger partial charge in [0, 0.05) is 23.0 Å². The van der Waals surface area contributed by atoms with Crippen molar-refractivity contribution in [1.82, 2.24) is 4.98 Å². The number of aromatic nitrogens is 1. The van der Waals surface area contributed by atoms with E-state index in [1.165, 1.54) is 31.4 Å². The van der Waals surface area contributed by atoms with Crippen LogP contribution in [-0.4, -0.2) is 18.1 Å².